The summed E-state index contributed by atoms with van der Waals surface area (Å²) in [6.45, 7) is 3.82. The van der Waals surface area contributed by atoms with Crippen molar-refractivity contribution in [1.29, 1.82) is 0 Å². The van der Waals surface area contributed by atoms with Crippen molar-refractivity contribution in [2.45, 2.75) is 6.54 Å². The van der Waals surface area contributed by atoms with Crippen LogP contribution in [0.5, 0.6) is 0 Å². The average molecular weight is 325 g/mol. The van der Waals surface area contributed by atoms with Gasteiger partial charge in [0.2, 0.25) is 0 Å². The number of anilines is 2. The van der Waals surface area contributed by atoms with Crippen LogP contribution in [0.2, 0.25) is 0 Å². The van der Waals surface area contributed by atoms with Gasteiger partial charge in [0, 0.05) is 43.6 Å². The molecule has 1 fully saturated rings. The Balaban J connectivity index is 1.75. The van der Waals surface area contributed by atoms with Crippen molar-refractivity contribution in [3.05, 3.63) is 59.7 Å². The minimum atomic E-state index is -0.00761. The van der Waals surface area contributed by atoms with E-state index >= 15 is 0 Å². The molecule has 1 heterocycles. The predicted octanol–water partition coefficient (Wildman–Crippen LogP) is 2.38. The summed E-state index contributed by atoms with van der Waals surface area (Å²) >= 11 is 0. The van der Waals surface area contributed by atoms with Crippen molar-refractivity contribution in [2.75, 3.05) is 44.0 Å². The number of amides is 1. The van der Waals surface area contributed by atoms with Crippen LogP contribution in [0.3, 0.4) is 0 Å². The summed E-state index contributed by atoms with van der Waals surface area (Å²) in [5, 5.41) is 0. The summed E-state index contributed by atoms with van der Waals surface area (Å²) in [4.78, 5) is 16.7. The molecule has 126 valence electrons. The molecule has 1 saturated heterocycles. The number of nitrogens with two attached hydrogens (primary N) is 1. The summed E-state index contributed by atoms with van der Waals surface area (Å²) in [5.74, 6) is -0.00761. The Morgan fingerprint density at radius 2 is 1.79 bits per heavy atom. The normalized spacial score (nSPS) is 14.5. The first-order chi connectivity index (χ1) is 11.6. The largest absolute Gasteiger partial charge is 0.399 e. The van der Waals surface area contributed by atoms with Crippen molar-refractivity contribution >= 4 is 17.3 Å². The summed E-state index contributed by atoms with van der Waals surface area (Å²) in [5.41, 5.74) is 9.32. The van der Waals surface area contributed by atoms with Crippen molar-refractivity contribution in [1.82, 2.24) is 4.90 Å². The Morgan fingerprint density at radius 1 is 1.12 bits per heavy atom. The Morgan fingerprint density at radius 3 is 2.50 bits per heavy atom. The van der Waals surface area contributed by atoms with E-state index in [1.807, 2.05) is 19.2 Å². The number of hydrogen-bond acceptors (Lipinski definition) is 4. The van der Waals surface area contributed by atoms with Crippen LogP contribution in [0.1, 0.15) is 15.9 Å². The summed E-state index contributed by atoms with van der Waals surface area (Å²) < 4.78 is 5.43. The number of morpholine rings is 1. The molecule has 0 spiro atoms. The lowest BCUT2D eigenvalue weighted by atomic mass is 10.1. The van der Waals surface area contributed by atoms with Crippen LogP contribution in [-0.2, 0) is 11.3 Å². The van der Waals surface area contributed by atoms with E-state index in [-0.39, 0.29) is 5.91 Å². The molecule has 1 aliphatic heterocycles. The van der Waals surface area contributed by atoms with Crippen LogP contribution in [0, 0.1) is 0 Å². The van der Waals surface area contributed by atoms with E-state index in [2.05, 4.69) is 17.0 Å². The standard InChI is InChI=1S/C19H23N3O2/c1-21(19(23)15-6-8-17(20)9-7-15)14-16-4-2-3-5-18(16)22-10-12-24-13-11-22/h2-9H,10-14,20H2,1H3. The first-order valence-corrected chi connectivity index (χ1v) is 8.17. The van der Waals surface area contributed by atoms with Crippen LogP contribution in [0.25, 0.3) is 0 Å². The molecule has 1 aliphatic rings. The number of hydrogen-bond donors (Lipinski definition) is 1. The van der Waals surface area contributed by atoms with E-state index in [9.17, 15) is 4.79 Å². The van der Waals surface area contributed by atoms with Gasteiger partial charge in [-0.25, -0.2) is 0 Å². The Labute approximate surface area is 142 Å². The maximum atomic E-state index is 12.6. The molecule has 0 aromatic heterocycles. The van der Waals surface area contributed by atoms with Crippen molar-refractivity contribution in [3.63, 3.8) is 0 Å². The van der Waals surface area contributed by atoms with E-state index in [0.29, 0.717) is 17.8 Å². The van der Waals surface area contributed by atoms with Gasteiger partial charge >= 0.3 is 0 Å². The van der Waals surface area contributed by atoms with E-state index < -0.39 is 0 Å². The second kappa shape index (κ2) is 7.36. The predicted molar refractivity (Wildman–Crippen MR) is 96.1 cm³/mol. The van der Waals surface area contributed by atoms with Crippen molar-refractivity contribution in [3.8, 4) is 0 Å². The van der Waals surface area contributed by atoms with Gasteiger partial charge in [0.25, 0.3) is 5.91 Å². The molecule has 2 aromatic carbocycles. The van der Waals surface area contributed by atoms with Crippen LogP contribution < -0.4 is 10.6 Å². The molecule has 5 nitrogen and oxygen atoms in total. The number of carbonyl (C=O) groups excluding carboxylic acids is 1. The average Bonchev–Trinajstić information content (AvgIpc) is 2.63. The first kappa shape index (κ1) is 16.3. The van der Waals surface area contributed by atoms with Crippen molar-refractivity contribution in [2.24, 2.45) is 0 Å². The molecular formula is C19H23N3O2. The van der Waals surface area contributed by atoms with Gasteiger partial charge in [-0.05, 0) is 35.9 Å². The summed E-state index contributed by atoms with van der Waals surface area (Å²) in [6, 6.07) is 15.3. The number of benzene rings is 2. The molecular weight excluding hydrogens is 302 g/mol. The molecule has 0 atom stereocenters. The number of ether oxygens (including phenoxy) is 1. The smallest absolute Gasteiger partial charge is 0.253 e. The summed E-state index contributed by atoms with van der Waals surface area (Å²) in [7, 11) is 1.83. The maximum Gasteiger partial charge on any atom is 0.253 e. The quantitative estimate of drug-likeness (QED) is 0.877. The molecule has 0 radical (unpaired) electrons. The fourth-order valence-electron chi connectivity index (χ4n) is 2.93. The fraction of sp³-hybridized carbons (Fsp3) is 0.316. The number of carbonyl (C=O) groups is 1. The molecule has 0 bridgehead atoms. The lowest BCUT2D eigenvalue weighted by Gasteiger charge is -2.31. The molecule has 0 aliphatic carbocycles. The lowest BCUT2D eigenvalue weighted by Crippen LogP contribution is -2.37. The number of rotatable bonds is 4. The summed E-state index contributed by atoms with van der Waals surface area (Å²) in [6.07, 6.45) is 0. The molecule has 0 saturated carbocycles. The van der Waals surface area contributed by atoms with Gasteiger partial charge in [-0.2, -0.15) is 0 Å². The Bertz CT molecular complexity index is 694. The third-order valence-corrected chi connectivity index (χ3v) is 4.26. The lowest BCUT2D eigenvalue weighted by molar-refractivity contribution is 0.0785. The third kappa shape index (κ3) is 3.68. The second-order valence-electron chi connectivity index (χ2n) is 6.01. The molecule has 5 heteroatoms. The van der Waals surface area contributed by atoms with Gasteiger partial charge in [0.1, 0.15) is 0 Å². The zero-order chi connectivity index (χ0) is 16.9. The van der Waals surface area contributed by atoms with Gasteiger partial charge in [-0.15, -0.1) is 0 Å². The highest BCUT2D eigenvalue weighted by molar-refractivity contribution is 5.94. The van der Waals surface area contributed by atoms with E-state index in [1.54, 1.807) is 29.2 Å². The van der Waals surface area contributed by atoms with Gasteiger partial charge < -0.3 is 20.3 Å². The Kier molecular flexibility index (Phi) is 5.01. The third-order valence-electron chi connectivity index (χ3n) is 4.26. The molecule has 2 aromatic rings. The van der Waals surface area contributed by atoms with E-state index in [0.717, 1.165) is 31.9 Å². The van der Waals surface area contributed by atoms with Crippen LogP contribution in [0.4, 0.5) is 11.4 Å². The zero-order valence-electron chi connectivity index (χ0n) is 13.9. The van der Waals surface area contributed by atoms with E-state index in [1.165, 1.54) is 5.69 Å². The maximum absolute atomic E-state index is 12.6. The number of nitrogen functional groups attached to an aromatic ring is 1. The molecule has 24 heavy (non-hydrogen) atoms. The SMILES string of the molecule is CN(Cc1ccccc1N1CCOCC1)C(=O)c1ccc(N)cc1. The van der Waals surface area contributed by atoms with Crippen LogP contribution >= 0.6 is 0 Å². The number of nitrogens with zero attached hydrogens (tertiary/aromatic N) is 2. The minimum Gasteiger partial charge on any atom is -0.399 e. The topological polar surface area (TPSA) is 58.8 Å². The molecule has 1 amide bonds. The van der Waals surface area contributed by atoms with Gasteiger partial charge in [-0.1, -0.05) is 18.2 Å². The highest BCUT2D eigenvalue weighted by Crippen LogP contribution is 2.23. The van der Waals surface area contributed by atoms with Gasteiger partial charge in [0.05, 0.1) is 13.2 Å². The zero-order valence-corrected chi connectivity index (χ0v) is 13.9. The minimum absolute atomic E-state index is 0.00761. The molecule has 2 N–H and O–H groups in total. The van der Waals surface area contributed by atoms with Crippen LogP contribution in [0.15, 0.2) is 48.5 Å². The van der Waals surface area contributed by atoms with Gasteiger partial charge in [-0.3, -0.25) is 4.79 Å². The van der Waals surface area contributed by atoms with E-state index in [4.69, 9.17) is 10.5 Å². The first-order valence-electron chi connectivity index (χ1n) is 8.17. The van der Waals surface area contributed by atoms with Crippen LogP contribution in [-0.4, -0.2) is 44.2 Å². The number of para-hydroxylation sites is 1. The molecule has 0 unspecified atom stereocenters. The highest BCUT2D eigenvalue weighted by Gasteiger charge is 2.17. The van der Waals surface area contributed by atoms with Gasteiger partial charge in [0.15, 0.2) is 0 Å². The molecule has 3 rings (SSSR count). The second-order valence-corrected chi connectivity index (χ2v) is 6.01. The van der Waals surface area contributed by atoms with Crippen molar-refractivity contribution < 1.29 is 9.53 Å². The highest BCUT2D eigenvalue weighted by atomic mass is 16.5. The Hall–Kier alpha value is -2.53. The fourth-order valence-corrected chi connectivity index (χ4v) is 2.93. The monoisotopic (exact) mass is 325 g/mol.